The van der Waals surface area contributed by atoms with Crippen molar-refractivity contribution in [3.63, 3.8) is 0 Å². The average Bonchev–Trinajstić information content (AvgIpc) is 3.58. The first-order valence-corrected chi connectivity index (χ1v) is 12.8. The van der Waals surface area contributed by atoms with E-state index in [1.165, 1.54) is 24.1 Å². The number of aromatic nitrogens is 6. The standard InChI is InChI=1S/C28H29FN8O/c1-35-12-14-36(15-13-35)22-9-5-20(6-10-22)27-32-26-25(30-18-31-28(26)33-27)23-17-37(11-2-16-38)34-24(23)19-3-7-21(29)8-4-19/h3-10,17-18,38H,2,11-16H2,1H3,(H,30,31,32,33). The van der Waals surface area contributed by atoms with Crippen LogP contribution in [0.15, 0.2) is 61.1 Å². The minimum atomic E-state index is -0.309. The fourth-order valence-corrected chi connectivity index (χ4v) is 4.83. The second-order valence-electron chi connectivity index (χ2n) is 9.58. The van der Waals surface area contributed by atoms with Crippen LogP contribution in [-0.4, -0.2) is 79.6 Å². The average molecular weight is 513 g/mol. The monoisotopic (exact) mass is 512 g/mol. The van der Waals surface area contributed by atoms with Gasteiger partial charge in [0, 0.05) is 67.9 Å². The summed E-state index contributed by atoms with van der Waals surface area (Å²) in [7, 11) is 2.15. The number of fused-ring (bicyclic) bond motifs is 1. The molecule has 1 fully saturated rings. The normalized spacial score (nSPS) is 14.4. The van der Waals surface area contributed by atoms with Crippen LogP contribution >= 0.6 is 0 Å². The van der Waals surface area contributed by atoms with Crippen LogP contribution in [0.1, 0.15) is 6.42 Å². The molecule has 0 atom stereocenters. The Morgan fingerprint density at radius 2 is 1.66 bits per heavy atom. The van der Waals surface area contributed by atoms with Crippen LogP contribution in [0.4, 0.5) is 10.1 Å². The number of anilines is 1. The lowest BCUT2D eigenvalue weighted by molar-refractivity contribution is 0.277. The quantitative estimate of drug-likeness (QED) is 0.342. The number of halogens is 1. The van der Waals surface area contributed by atoms with Crippen LogP contribution in [0.2, 0.25) is 0 Å². The molecule has 4 heterocycles. The summed E-state index contributed by atoms with van der Waals surface area (Å²) in [4.78, 5) is 21.9. The van der Waals surface area contributed by atoms with Gasteiger partial charge < -0.3 is 19.9 Å². The van der Waals surface area contributed by atoms with Gasteiger partial charge in [-0.15, -0.1) is 0 Å². The number of aryl methyl sites for hydroxylation is 1. The number of piperazine rings is 1. The van der Waals surface area contributed by atoms with Crippen LogP contribution in [0.25, 0.3) is 45.1 Å². The molecule has 1 saturated heterocycles. The molecular formula is C28H29FN8O. The molecule has 6 rings (SSSR count). The molecule has 194 valence electrons. The van der Waals surface area contributed by atoms with Gasteiger partial charge in [-0.1, -0.05) is 0 Å². The summed E-state index contributed by atoms with van der Waals surface area (Å²) in [6.07, 6.45) is 3.97. The van der Waals surface area contributed by atoms with Crippen LogP contribution in [-0.2, 0) is 6.54 Å². The molecule has 0 aliphatic carbocycles. The molecule has 3 aromatic heterocycles. The van der Waals surface area contributed by atoms with E-state index in [-0.39, 0.29) is 12.4 Å². The minimum Gasteiger partial charge on any atom is -0.396 e. The van der Waals surface area contributed by atoms with Gasteiger partial charge >= 0.3 is 0 Å². The number of aliphatic hydroxyl groups excluding tert-OH is 1. The molecule has 10 heteroatoms. The Kier molecular flexibility index (Phi) is 6.57. The predicted molar refractivity (Wildman–Crippen MR) is 145 cm³/mol. The van der Waals surface area contributed by atoms with Crippen molar-refractivity contribution in [1.82, 2.24) is 34.6 Å². The summed E-state index contributed by atoms with van der Waals surface area (Å²) in [6, 6.07) is 14.7. The van der Waals surface area contributed by atoms with Crippen molar-refractivity contribution in [2.75, 3.05) is 44.7 Å². The lowest BCUT2D eigenvalue weighted by atomic mass is 10.1. The number of hydrogen-bond donors (Lipinski definition) is 2. The first-order chi connectivity index (χ1) is 18.6. The fourth-order valence-electron chi connectivity index (χ4n) is 4.83. The van der Waals surface area contributed by atoms with E-state index in [9.17, 15) is 9.50 Å². The Morgan fingerprint density at radius 3 is 2.39 bits per heavy atom. The summed E-state index contributed by atoms with van der Waals surface area (Å²) in [6.45, 7) is 4.76. The fraction of sp³-hybridized carbons (Fsp3) is 0.286. The third-order valence-corrected chi connectivity index (χ3v) is 6.98. The second-order valence-corrected chi connectivity index (χ2v) is 9.58. The minimum absolute atomic E-state index is 0.0658. The molecule has 0 spiro atoms. The van der Waals surface area contributed by atoms with Gasteiger partial charge in [0.2, 0.25) is 0 Å². The van der Waals surface area contributed by atoms with E-state index in [0.717, 1.165) is 42.9 Å². The van der Waals surface area contributed by atoms with Crippen molar-refractivity contribution in [2.24, 2.45) is 0 Å². The maximum absolute atomic E-state index is 13.6. The van der Waals surface area contributed by atoms with E-state index >= 15 is 0 Å². The Hall–Kier alpha value is -4.15. The molecule has 2 N–H and O–H groups in total. The van der Waals surface area contributed by atoms with Crippen LogP contribution in [0.3, 0.4) is 0 Å². The third kappa shape index (κ3) is 4.75. The van der Waals surface area contributed by atoms with Gasteiger partial charge in [-0.2, -0.15) is 5.10 Å². The van der Waals surface area contributed by atoms with Gasteiger partial charge in [0.05, 0.1) is 0 Å². The van der Waals surface area contributed by atoms with Crippen molar-refractivity contribution >= 4 is 16.9 Å². The molecule has 2 aromatic carbocycles. The molecular weight excluding hydrogens is 483 g/mol. The van der Waals surface area contributed by atoms with Gasteiger partial charge in [0.1, 0.15) is 34.9 Å². The second kappa shape index (κ2) is 10.3. The van der Waals surface area contributed by atoms with E-state index in [2.05, 4.69) is 56.1 Å². The molecule has 0 unspecified atom stereocenters. The zero-order valence-corrected chi connectivity index (χ0v) is 21.2. The number of rotatable bonds is 7. The zero-order valence-electron chi connectivity index (χ0n) is 21.2. The summed E-state index contributed by atoms with van der Waals surface area (Å²) in [5.41, 5.74) is 6.32. The highest BCUT2D eigenvalue weighted by Crippen LogP contribution is 2.34. The van der Waals surface area contributed by atoms with Gasteiger partial charge in [0.25, 0.3) is 0 Å². The number of hydrogen-bond acceptors (Lipinski definition) is 7. The van der Waals surface area contributed by atoms with Crippen molar-refractivity contribution in [3.05, 3.63) is 66.9 Å². The number of imidazole rings is 1. The molecule has 38 heavy (non-hydrogen) atoms. The summed E-state index contributed by atoms with van der Waals surface area (Å²) < 4.78 is 15.4. The highest BCUT2D eigenvalue weighted by atomic mass is 19.1. The number of aliphatic hydroxyl groups is 1. The highest BCUT2D eigenvalue weighted by Gasteiger charge is 2.20. The Labute approximate surface area is 219 Å². The van der Waals surface area contributed by atoms with Crippen LogP contribution in [0, 0.1) is 5.82 Å². The van der Waals surface area contributed by atoms with Crippen molar-refractivity contribution in [3.8, 4) is 33.9 Å². The van der Waals surface area contributed by atoms with Gasteiger partial charge in [0.15, 0.2) is 5.65 Å². The molecule has 0 radical (unpaired) electrons. The summed E-state index contributed by atoms with van der Waals surface area (Å²) in [5, 5.41) is 14.0. The maximum atomic E-state index is 13.6. The van der Waals surface area contributed by atoms with Crippen LogP contribution in [0.5, 0.6) is 0 Å². The number of aromatic amines is 1. The van der Waals surface area contributed by atoms with Crippen molar-refractivity contribution < 1.29 is 9.50 Å². The number of H-pyrrole nitrogens is 1. The number of nitrogens with one attached hydrogen (secondary N) is 1. The predicted octanol–water partition coefficient (Wildman–Crippen LogP) is 3.82. The maximum Gasteiger partial charge on any atom is 0.181 e. The molecule has 1 aliphatic heterocycles. The SMILES string of the molecule is CN1CCN(c2ccc(-c3nc4ncnc(-c5cn(CCCO)nc5-c5ccc(F)cc5)c4[nH]3)cc2)CC1. The molecule has 1 aliphatic rings. The van der Waals surface area contributed by atoms with E-state index in [0.29, 0.717) is 41.3 Å². The smallest absolute Gasteiger partial charge is 0.181 e. The molecule has 0 bridgehead atoms. The molecule has 9 nitrogen and oxygen atoms in total. The highest BCUT2D eigenvalue weighted by molar-refractivity contribution is 5.93. The van der Waals surface area contributed by atoms with E-state index in [1.807, 2.05) is 6.20 Å². The summed E-state index contributed by atoms with van der Waals surface area (Å²) in [5.74, 6) is 0.402. The first kappa shape index (κ1) is 24.2. The van der Waals surface area contributed by atoms with Gasteiger partial charge in [-0.3, -0.25) is 4.68 Å². The number of nitrogens with zero attached hydrogens (tertiary/aromatic N) is 7. The Morgan fingerprint density at radius 1 is 0.921 bits per heavy atom. The topological polar surface area (TPSA) is 99.0 Å². The number of benzene rings is 2. The van der Waals surface area contributed by atoms with Gasteiger partial charge in [-0.05, 0) is 62.0 Å². The largest absolute Gasteiger partial charge is 0.396 e. The molecule has 5 aromatic rings. The molecule has 0 amide bonds. The third-order valence-electron chi connectivity index (χ3n) is 6.98. The molecule has 0 saturated carbocycles. The van der Waals surface area contributed by atoms with E-state index < -0.39 is 0 Å². The summed E-state index contributed by atoms with van der Waals surface area (Å²) >= 11 is 0. The lowest BCUT2D eigenvalue weighted by Crippen LogP contribution is -2.44. The zero-order chi connectivity index (χ0) is 26.1. The Bertz CT molecular complexity index is 1540. The van der Waals surface area contributed by atoms with E-state index in [4.69, 9.17) is 10.1 Å². The van der Waals surface area contributed by atoms with Crippen molar-refractivity contribution in [1.29, 1.82) is 0 Å². The van der Waals surface area contributed by atoms with Crippen molar-refractivity contribution in [2.45, 2.75) is 13.0 Å². The Balaban J connectivity index is 1.37. The lowest BCUT2D eigenvalue weighted by Gasteiger charge is -2.34. The van der Waals surface area contributed by atoms with E-state index in [1.54, 1.807) is 16.8 Å². The van der Waals surface area contributed by atoms with Gasteiger partial charge in [-0.25, -0.2) is 19.3 Å². The number of likely N-dealkylation sites (N-methyl/N-ethyl adjacent to an activating group) is 1. The first-order valence-electron chi connectivity index (χ1n) is 12.8. The van der Waals surface area contributed by atoms with Crippen LogP contribution < -0.4 is 4.90 Å².